The van der Waals surface area contributed by atoms with Crippen LogP contribution < -0.4 is 17.0 Å². The van der Waals surface area contributed by atoms with Crippen molar-refractivity contribution in [3.05, 3.63) is 20.8 Å². The third-order valence-corrected chi connectivity index (χ3v) is 2.17. The SMILES string of the molecule is Cn1c(N)nc2c1c(=O)[nH]c(=O)n2C. The summed E-state index contributed by atoms with van der Waals surface area (Å²) in [5.74, 6) is 0.201. The van der Waals surface area contributed by atoms with Gasteiger partial charge < -0.3 is 10.3 Å². The first-order valence-electron chi connectivity index (χ1n) is 3.93. The minimum atomic E-state index is -0.499. The largest absolute Gasteiger partial charge is 0.369 e. The van der Waals surface area contributed by atoms with Gasteiger partial charge in [0.05, 0.1) is 0 Å². The second-order valence-electron chi connectivity index (χ2n) is 3.02. The lowest BCUT2D eigenvalue weighted by Gasteiger charge is -1.97. The van der Waals surface area contributed by atoms with Crippen molar-refractivity contribution in [2.75, 3.05) is 5.73 Å². The van der Waals surface area contributed by atoms with Crippen molar-refractivity contribution in [2.45, 2.75) is 0 Å². The minimum Gasteiger partial charge on any atom is -0.369 e. The number of rotatable bonds is 0. The number of anilines is 1. The van der Waals surface area contributed by atoms with Crippen LogP contribution in [0.4, 0.5) is 5.95 Å². The van der Waals surface area contributed by atoms with Crippen molar-refractivity contribution >= 4 is 17.1 Å². The first-order valence-corrected chi connectivity index (χ1v) is 3.93. The monoisotopic (exact) mass is 195 g/mol. The van der Waals surface area contributed by atoms with Crippen LogP contribution in [0.5, 0.6) is 0 Å². The lowest BCUT2D eigenvalue weighted by Crippen LogP contribution is -2.29. The number of hydrogen-bond acceptors (Lipinski definition) is 4. The number of imidazole rings is 1. The predicted molar refractivity (Wildman–Crippen MR) is 51.0 cm³/mol. The van der Waals surface area contributed by atoms with Crippen molar-refractivity contribution in [3.63, 3.8) is 0 Å². The zero-order chi connectivity index (χ0) is 10.5. The lowest BCUT2D eigenvalue weighted by molar-refractivity contribution is 0.829. The van der Waals surface area contributed by atoms with E-state index in [1.54, 1.807) is 7.05 Å². The molecule has 3 N–H and O–H groups in total. The van der Waals surface area contributed by atoms with E-state index in [2.05, 4.69) is 9.97 Å². The molecule has 2 aromatic rings. The summed E-state index contributed by atoms with van der Waals surface area (Å²) in [6.07, 6.45) is 0. The van der Waals surface area contributed by atoms with Gasteiger partial charge in [-0.1, -0.05) is 0 Å². The third-order valence-electron chi connectivity index (χ3n) is 2.17. The molecular weight excluding hydrogens is 186 g/mol. The molecule has 2 aromatic heterocycles. The minimum absolute atomic E-state index is 0.201. The Morgan fingerprint density at radius 2 is 1.93 bits per heavy atom. The number of nitrogen functional groups attached to an aromatic ring is 1. The summed E-state index contributed by atoms with van der Waals surface area (Å²) in [5, 5.41) is 0. The number of H-pyrrole nitrogens is 1. The summed E-state index contributed by atoms with van der Waals surface area (Å²) < 4.78 is 2.68. The molecule has 0 amide bonds. The Labute approximate surface area is 77.8 Å². The Morgan fingerprint density at radius 1 is 1.29 bits per heavy atom. The normalized spacial score (nSPS) is 11.0. The van der Waals surface area contributed by atoms with Crippen molar-refractivity contribution in [2.24, 2.45) is 14.1 Å². The molecule has 0 fully saturated rings. The molecule has 0 aromatic carbocycles. The maximum atomic E-state index is 11.4. The molecule has 2 rings (SSSR count). The summed E-state index contributed by atoms with van der Waals surface area (Å²) in [7, 11) is 3.14. The second-order valence-corrected chi connectivity index (χ2v) is 3.02. The van der Waals surface area contributed by atoms with E-state index in [0.717, 1.165) is 0 Å². The number of nitrogens with one attached hydrogen (secondary N) is 1. The first kappa shape index (κ1) is 8.54. The van der Waals surface area contributed by atoms with Crippen LogP contribution in [0.25, 0.3) is 11.2 Å². The summed E-state index contributed by atoms with van der Waals surface area (Å²) in [6, 6.07) is 0. The first-order chi connectivity index (χ1) is 6.52. The highest BCUT2D eigenvalue weighted by Gasteiger charge is 2.12. The van der Waals surface area contributed by atoms with Gasteiger partial charge in [-0.05, 0) is 0 Å². The molecule has 0 radical (unpaired) electrons. The number of nitrogens with zero attached hydrogens (tertiary/aromatic N) is 3. The maximum absolute atomic E-state index is 11.4. The molecule has 74 valence electrons. The van der Waals surface area contributed by atoms with Gasteiger partial charge in [-0.2, -0.15) is 4.98 Å². The molecule has 0 unspecified atom stereocenters. The Morgan fingerprint density at radius 3 is 2.57 bits per heavy atom. The van der Waals surface area contributed by atoms with Crippen LogP contribution in [0.15, 0.2) is 9.59 Å². The van der Waals surface area contributed by atoms with Crippen LogP contribution in [-0.2, 0) is 14.1 Å². The number of aromatic nitrogens is 4. The van der Waals surface area contributed by atoms with Gasteiger partial charge in [-0.25, -0.2) is 4.79 Å². The fraction of sp³-hybridized carbons (Fsp3) is 0.286. The van der Waals surface area contributed by atoms with Gasteiger partial charge in [-0.15, -0.1) is 0 Å². The average molecular weight is 195 g/mol. The van der Waals surface area contributed by atoms with Gasteiger partial charge in [0.15, 0.2) is 11.2 Å². The molecule has 0 spiro atoms. The molecule has 14 heavy (non-hydrogen) atoms. The number of fused-ring (bicyclic) bond motifs is 1. The van der Waals surface area contributed by atoms with Gasteiger partial charge in [-0.3, -0.25) is 14.3 Å². The number of nitrogens with two attached hydrogens (primary N) is 1. The molecule has 2 heterocycles. The molecule has 0 atom stereocenters. The zero-order valence-corrected chi connectivity index (χ0v) is 7.74. The van der Waals surface area contributed by atoms with Crippen LogP contribution in [0.1, 0.15) is 0 Å². The standard InChI is InChI=1S/C7H9N5O2/c1-11-3-4(9-6(11)8)12(2)7(14)10-5(3)13/h1-2H3,(H2,8,9)(H,10,13,14). The fourth-order valence-corrected chi connectivity index (χ4v) is 1.33. The molecule has 0 bridgehead atoms. The Bertz CT molecular complexity index is 617. The zero-order valence-electron chi connectivity index (χ0n) is 7.74. The van der Waals surface area contributed by atoms with Crippen molar-refractivity contribution < 1.29 is 0 Å². The second kappa shape index (κ2) is 2.47. The topological polar surface area (TPSA) is 98.7 Å². The van der Waals surface area contributed by atoms with E-state index >= 15 is 0 Å². The molecule has 0 saturated carbocycles. The van der Waals surface area contributed by atoms with E-state index in [0.29, 0.717) is 11.2 Å². The number of aromatic amines is 1. The van der Waals surface area contributed by atoms with Crippen LogP contribution in [0, 0.1) is 0 Å². The van der Waals surface area contributed by atoms with Gasteiger partial charge in [0, 0.05) is 14.1 Å². The summed E-state index contributed by atoms with van der Waals surface area (Å²) in [4.78, 5) is 28.7. The molecule has 0 aliphatic heterocycles. The van der Waals surface area contributed by atoms with Crippen LogP contribution in [0.3, 0.4) is 0 Å². The van der Waals surface area contributed by atoms with Crippen LogP contribution >= 0.6 is 0 Å². The van der Waals surface area contributed by atoms with Gasteiger partial charge in [0.25, 0.3) is 5.56 Å². The Balaban J connectivity index is 3.18. The highest BCUT2D eigenvalue weighted by molar-refractivity contribution is 5.73. The van der Waals surface area contributed by atoms with Gasteiger partial charge in [0.2, 0.25) is 5.95 Å². The van der Waals surface area contributed by atoms with Crippen molar-refractivity contribution in [3.8, 4) is 0 Å². The summed E-state index contributed by atoms with van der Waals surface area (Å²) in [6.45, 7) is 0. The van der Waals surface area contributed by atoms with E-state index in [-0.39, 0.29) is 5.95 Å². The molecule has 7 nitrogen and oxygen atoms in total. The van der Waals surface area contributed by atoms with E-state index in [9.17, 15) is 9.59 Å². The van der Waals surface area contributed by atoms with E-state index < -0.39 is 11.2 Å². The smallest absolute Gasteiger partial charge is 0.329 e. The summed E-state index contributed by atoms with van der Waals surface area (Å²) in [5.41, 5.74) is 5.13. The van der Waals surface area contributed by atoms with E-state index in [1.807, 2.05) is 0 Å². The molecular formula is C7H9N5O2. The van der Waals surface area contributed by atoms with Crippen molar-refractivity contribution in [1.82, 2.24) is 19.1 Å². The van der Waals surface area contributed by atoms with Gasteiger partial charge >= 0.3 is 5.69 Å². The number of aryl methyl sites for hydroxylation is 2. The lowest BCUT2D eigenvalue weighted by atomic mass is 10.5. The highest BCUT2D eigenvalue weighted by atomic mass is 16.2. The van der Waals surface area contributed by atoms with Gasteiger partial charge in [0.1, 0.15) is 0 Å². The fourth-order valence-electron chi connectivity index (χ4n) is 1.33. The third kappa shape index (κ3) is 0.889. The molecule has 0 aliphatic rings. The highest BCUT2D eigenvalue weighted by Crippen LogP contribution is 2.08. The van der Waals surface area contributed by atoms with Crippen molar-refractivity contribution in [1.29, 1.82) is 0 Å². The molecule has 7 heteroatoms. The van der Waals surface area contributed by atoms with E-state index in [1.165, 1.54) is 16.2 Å². The maximum Gasteiger partial charge on any atom is 0.329 e. The van der Waals surface area contributed by atoms with E-state index in [4.69, 9.17) is 5.73 Å². The Kier molecular flexibility index (Phi) is 1.51. The van der Waals surface area contributed by atoms with Crippen LogP contribution in [-0.4, -0.2) is 19.1 Å². The quantitative estimate of drug-likeness (QED) is 0.536. The van der Waals surface area contributed by atoms with Crippen LogP contribution in [0.2, 0.25) is 0 Å². The molecule has 0 aliphatic carbocycles. The summed E-state index contributed by atoms with van der Waals surface area (Å²) >= 11 is 0. The average Bonchev–Trinajstić information content (AvgIpc) is 2.40. The molecule has 0 saturated heterocycles. The number of hydrogen-bond donors (Lipinski definition) is 2. The Hall–Kier alpha value is -2.05. The predicted octanol–water partition coefficient (Wildman–Crippen LogP) is -1.46.